The summed E-state index contributed by atoms with van der Waals surface area (Å²) in [6.45, 7) is 0. The monoisotopic (exact) mass is 408 g/mol. The molecule has 9 heteroatoms. The molecule has 0 unspecified atom stereocenters. The van der Waals surface area contributed by atoms with Gasteiger partial charge < -0.3 is 20.8 Å². The van der Waals surface area contributed by atoms with E-state index >= 15 is 0 Å². The summed E-state index contributed by atoms with van der Waals surface area (Å²) in [6.07, 6.45) is 3.39. The quantitative estimate of drug-likeness (QED) is 0.552. The van der Waals surface area contributed by atoms with Crippen LogP contribution in [0.2, 0.25) is 5.02 Å². The van der Waals surface area contributed by atoms with Gasteiger partial charge in [0.2, 0.25) is 5.91 Å². The van der Waals surface area contributed by atoms with Crippen LogP contribution < -0.4 is 16.4 Å². The lowest BCUT2D eigenvalue weighted by molar-refractivity contribution is -0.118. The summed E-state index contributed by atoms with van der Waals surface area (Å²) < 4.78 is 18.5. The zero-order chi connectivity index (χ0) is 19.4. The van der Waals surface area contributed by atoms with Crippen LogP contribution in [-0.4, -0.2) is 24.0 Å². The van der Waals surface area contributed by atoms with E-state index in [-0.39, 0.29) is 17.0 Å². The molecule has 2 atom stereocenters. The molecule has 0 saturated heterocycles. The highest BCUT2D eigenvalue weighted by Crippen LogP contribution is 2.32. The van der Waals surface area contributed by atoms with Crippen molar-refractivity contribution in [3.8, 4) is 10.6 Å². The van der Waals surface area contributed by atoms with Crippen molar-refractivity contribution >= 4 is 34.5 Å². The van der Waals surface area contributed by atoms with Gasteiger partial charge in [-0.25, -0.2) is 9.37 Å². The van der Waals surface area contributed by atoms with Gasteiger partial charge in [0.15, 0.2) is 12.2 Å². The molecule has 0 fully saturated rings. The van der Waals surface area contributed by atoms with Crippen LogP contribution in [0.1, 0.15) is 17.3 Å². The normalized spacial score (nSPS) is 13.3. The van der Waals surface area contributed by atoms with Crippen LogP contribution in [0.15, 0.2) is 47.3 Å². The predicted octanol–water partition coefficient (Wildman–Crippen LogP) is 3.81. The first-order valence-corrected chi connectivity index (χ1v) is 9.34. The molecule has 27 heavy (non-hydrogen) atoms. The highest BCUT2D eigenvalue weighted by Gasteiger charge is 2.22. The lowest BCUT2D eigenvalue weighted by Gasteiger charge is -2.19. The maximum Gasteiger partial charge on any atom is 0.241 e. The number of amides is 1. The number of carbonyl (C=O) groups excluding carboxylic acids is 1. The second-order valence-electron chi connectivity index (χ2n) is 5.87. The molecule has 0 aliphatic carbocycles. The summed E-state index contributed by atoms with van der Waals surface area (Å²) in [5, 5.41) is 5.63. The molecule has 1 amide bonds. The van der Waals surface area contributed by atoms with Crippen LogP contribution in [-0.2, 0) is 4.79 Å². The Morgan fingerprint density at radius 3 is 2.89 bits per heavy atom. The zero-order valence-corrected chi connectivity index (χ0v) is 16.0. The Morgan fingerprint density at radius 1 is 1.41 bits per heavy atom. The van der Waals surface area contributed by atoms with Gasteiger partial charge in [-0.2, -0.15) is 0 Å². The first kappa shape index (κ1) is 19.5. The van der Waals surface area contributed by atoms with Crippen LogP contribution in [0.3, 0.4) is 0 Å². The summed E-state index contributed by atoms with van der Waals surface area (Å²) in [4.78, 5) is 18.3. The molecule has 0 aliphatic heterocycles. The van der Waals surface area contributed by atoms with Gasteiger partial charge in [0.1, 0.15) is 5.82 Å². The van der Waals surface area contributed by atoms with Gasteiger partial charge >= 0.3 is 0 Å². The topological polar surface area (TPSA) is 93.2 Å². The highest BCUT2D eigenvalue weighted by molar-refractivity contribution is 7.15. The molecule has 3 aromatic rings. The van der Waals surface area contributed by atoms with Crippen molar-refractivity contribution in [2.75, 3.05) is 12.4 Å². The number of hydrogen-bond donors (Lipinski definition) is 3. The number of thiophene rings is 1. The van der Waals surface area contributed by atoms with Crippen molar-refractivity contribution < 1.29 is 13.6 Å². The van der Waals surface area contributed by atoms with E-state index in [1.807, 2.05) is 12.1 Å². The second kappa shape index (κ2) is 8.62. The molecule has 142 valence electrons. The molecule has 0 bridgehead atoms. The van der Waals surface area contributed by atoms with E-state index < -0.39 is 11.9 Å². The predicted molar refractivity (Wildman–Crippen MR) is 104 cm³/mol. The Morgan fingerprint density at radius 2 is 2.22 bits per heavy atom. The largest absolute Gasteiger partial charge is 0.443 e. The standard InChI is InChI=1S/C18H18ClFN4O2S/c1-22-14(18(25)24-10-2-3-12(20)11(19)6-10)7-13(21)16-4-5-17(27-16)15-8-23-9-26-15/h2-6,8-9,13-14,22H,7,21H2,1H3,(H,24,25)/t13-,14+/m1/s1. The minimum atomic E-state index is -0.540. The van der Waals surface area contributed by atoms with Crippen molar-refractivity contribution in [3.05, 3.63) is 58.6 Å². The fourth-order valence-electron chi connectivity index (χ4n) is 2.55. The Hall–Kier alpha value is -2.26. The third kappa shape index (κ3) is 4.72. The molecule has 0 aliphatic rings. The number of carbonyl (C=O) groups is 1. The van der Waals surface area contributed by atoms with Gasteiger partial charge in [0.05, 0.1) is 22.1 Å². The zero-order valence-electron chi connectivity index (χ0n) is 14.4. The summed E-state index contributed by atoms with van der Waals surface area (Å²) >= 11 is 7.24. The number of oxazole rings is 1. The fourth-order valence-corrected chi connectivity index (χ4v) is 3.71. The molecule has 6 nitrogen and oxygen atoms in total. The summed E-state index contributed by atoms with van der Waals surface area (Å²) in [7, 11) is 1.68. The number of nitrogens with zero attached hydrogens (tertiary/aromatic N) is 1. The van der Waals surface area contributed by atoms with E-state index in [9.17, 15) is 9.18 Å². The maximum atomic E-state index is 13.2. The Kier molecular flexibility index (Phi) is 6.22. The molecule has 0 saturated carbocycles. The van der Waals surface area contributed by atoms with E-state index in [2.05, 4.69) is 15.6 Å². The molecule has 1 aromatic carbocycles. The van der Waals surface area contributed by atoms with Gasteiger partial charge in [-0.1, -0.05) is 11.6 Å². The molecule has 4 N–H and O–H groups in total. The third-order valence-electron chi connectivity index (χ3n) is 4.01. The Bertz CT molecular complexity index is 916. The number of nitrogens with two attached hydrogens (primary N) is 1. The second-order valence-corrected chi connectivity index (χ2v) is 7.39. The molecule has 2 heterocycles. The molecule has 2 aromatic heterocycles. The number of halogens is 2. The number of anilines is 1. The van der Waals surface area contributed by atoms with Crippen LogP contribution >= 0.6 is 22.9 Å². The van der Waals surface area contributed by atoms with Gasteiger partial charge in [-0.05, 0) is 43.8 Å². The minimum absolute atomic E-state index is 0.0518. The number of rotatable bonds is 7. The molecular weight excluding hydrogens is 391 g/mol. The lowest BCUT2D eigenvalue weighted by atomic mass is 10.1. The smallest absolute Gasteiger partial charge is 0.241 e. The lowest BCUT2D eigenvalue weighted by Crippen LogP contribution is -2.40. The summed E-state index contributed by atoms with van der Waals surface area (Å²) in [5.41, 5.74) is 6.71. The summed E-state index contributed by atoms with van der Waals surface area (Å²) in [5.74, 6) is -0.140. The van der Waals surface area contributed by atoms with Gasteiger partial charge in [0.25, 0.3) is 0 Å². The van der Waals surface area contributed by atoms with E-state index in [0.717, 1.165) is 9.75 Å². The number of benzene rings is 1. The summed E-state index contributed by atoms with van der Waals surface area (Å²) in [6, 6.07) is 6.98. The van der Waals surface area contributed by atoms with Gasteiger partial charge in [-0.3, -0.25) is 4.79 Å². The molecule has 0 radical (unpaired) electrons. The SMILES string of the molecule is CN[C@@H](C[C@@H](N)c1ccc(-c2cnco2)s1)C(=O)Nc1ccc(F)c(Cl)c1. The number of likely N-dealkylation sites (N-methyl/N-ethyl adjacent to an activating group) is 1. The molecule has 0 spiro atoms. The van der Waals surface area contributed by atoms with Gasteiger partial charge in [-0.15, -0.1) is 11.3 Å². The van der Waals surface area contributed by atoms with E-state index in [0.29, 0.717) is 17.9 Å². The number of aromatic nitrogens is 1. The number of nitrogens with one attached hydrogen (secondary N) is 2. The third-order valence-corrected chi connectivity index (χ3v) is 5.53. The first-order valence-electron chi connectivity index (χ1n) is 8.15. The fraction of sp³-hybridized carbons (Fsp3) is 0.222. The Labute approximate surface area is 164 Å². The van der Waals surface area contributed by atoms with Crippen molar-refractivity contribution in [1.29, 1.82) is 0 Å². The van der Waals surface area contributed by atoms with E-state index in [1.165, 1.54) is 35.9 Å². The highest BCUT2D eigenvalue weighted by atomic mass is 35.5. The first-order chi connectivity index (χ1) is 13.0. The molecule has 3 rings (SSSR count). The van der Waals surface area contributed by atoms with Crippen LogP contribution in [0.4, 0.5) is 10.1 Å². The van der Waals surface area contributed by atoms with Crippen molar-refractivity contribution in [2.45, 2.75) is 18.5 Å². The van der Waals surface area contributed by atoms with Crippen LogP contribution in [0.5, 0.6) is 0 Å². The molecular formula is C18H18ClFN4O2S. The van der Waals surface area contributed by atoms with Crippen LogP contribution in [0, 0.1) is 5.82 Å². The van der Waals surface area contributed by atoms with E-state index in [4.69, 9.17) is 21.8 Å². The average Bonchev–Trinajstić information content (AvgIpc) is 3.33. The van der Waals surface area contributed by atoms with Crippen molar-refractivity contribution in [2.24, 2.45) is 5.73 Å². The van der Waals surface area contributed by atoms with Gasteiger partial charge in [0, 0.05) is 16.6 Å². The number of hydrogen-bond acceptors (Lipinski definition) is 6. The maximum absolute atomic E-state index is 13.2. The van der Waals surface area contributed by atoms with Crippen molar-refractivity contribution in [1.82, 2.24) is 10.3 Å². The Balaban J connectivity index is 1.65. The van der Waals surface area contributed by atoms with E-state index in [1.54, 1.807) is 13.2 Å². The average molecular weight is 409 g/mol. The van der Waals surface area contributed by atoms with Crippen LogP contribution in [0.25, 0.3) is 10.6 Å². The minimum Gasteiger partial charge on any atom is -0.443 e. The van der Waals surface area contributed by atoms with Crippen molar-refractivity contribution in [3.63, 3.8) is 0 Å².